The highest BCUT2D eigenvalue weighted by Gasteiger charge is 2.17. The number of nitro groups is 1. The molecule has 0 saturated heterocycles. The number of methoxy groups -OCH3 is 1. The lowest BCUT2D eigenvalue weighted by atomic mass is 10.3. The van der Waals surface area contributed by atoms with Crippen LogP contribution in [0.3, 0.4) is 0 Å². The molecule has 0 unspecified atom stereocenters. The van der Waals surface area contributed by atoms with Crippen molar-refractivity contribution in [1.82, 2.24) is 4.98 Å². The molecular formula is C12H9F2N3O4. The number of ether oxygens (including phenoxy) is 2. The summed E-state index contributed by atoms with van der Waals surface area (Å²) < 4.78 is 36.6. The standard InChI is InChI=1S/C12H9F2N3O4/c1-20-10-4-6(17(18)19)2-3-9(10)21-12-8(14)5-7(13)11(15)16-12/h2-5H,1H3,(H2,15,16). The minimum atomic E-state index is -1.07. The van der Waals surface area contributed by atoms with Crippen molar-refractivity contribution < 1.29 is 23.2 Å². The summed E-state index contributed by atoms with van der Waals surface area (Å²) in [6.45, 7) is 0. The Kier molecular flexibility index (Phi) is 3.83. The molecule has 0 aliphatic carbocycles. The number of halogens is 2. The van der Waals surface area contributed by atoms with Crippen molar-refractivity contribution in [2.24, 2.45) is 0 Å². The molecule has 1 aromatic carbocycles. The van der Waals surface area contributed by atoms with E-state index >= 15 is 0 Å². The molecule has 0 radical (unpaired) electrons. The summed E-state index contributed by atoms with van der Waals surface area (Å²) in [5.74, 6) is -3.22. The number of benzene rings is 1. The van der Waals surface area contributed by atoms with Crippen molar-refractivity contribution in [3.8, 4) is 17.4 Å². The highest BCUT2D eigenvalue weighted by atomic mass is 19.1. The van der Waals surface area contributed by atoms with Gasteiger partial charge in [-0.25, -0.2) is 8.78 Å². The molecular weight excluding hydrogens is 288 g/mol. The summed E-state index contributed by atoms with van der Waals surface area (Å²) in [6, 6.07) is 3.97. The number of pyridine rings is 1. The van der Waals surface area contributed by atoms with Gasteiger partial charge in [-0.05, 0) is 6.07 Å². The quantitative estimate of drug-likeness (QED) is 0.687. The summed E-state index contributed by atoms with van der Waals surface area (Å²) in [5, 5.41) is 10.7. The number of nitrogens with zero attached hydrogens (tertiary/aromatic N) is 2. The molecule has 110 valence electrons. The van der Waals surface area contributed by atoms with Crippen LogP contribution in [0.4, 0.5) is 20.3 Å². The fraction of sp³-hybridized carbons (Fsp3) is 0.0833. The predicted molar refractivity (Wildman–Crippen MR) is 68.3 cm³/mol. The normalized spacial score (nSPS) is 10.2. The third-order valence-corrected chi connectivity index (χ3v) is 2.49. The number of non-ortho nitro benzene ring substituents is 1. The average molecular weight is 297 g/mol. The number of nitrogen functional groups attached to an aromatic ring is 1. The molecule has 0 fully saturated rings. The lowest BCUT2D eigenvalue weighted by Gasteiger charge is -2.10. The van der Waals surface area contributed by atoms with Crippen molar-refractivity contribution in [2.45, 2.75) is 0 Å². The van der Waals surface area contributed by atoms with Gasteiger partial charge in [0, 0.05) is 12.1 Å². The van der Waals surface area contributed by atoms with E-state index in [1.54, 1.807) is 0 Å². The maximum Gasteiger partial charge on any atom is 0.273 e. The van der Waals surface area contributed by atoms with Crippen LogP contribution in [0.5, 0.6) is 17.4 Å². The summed E-state index contributed by atoms with van der Waals surface area (Å²) in [7, 11) is 1.26. The predicted octanol–water partition coefficient (Wildman–Crippen LogP) is 2.65. The molecule has 1 heterocycles. The van der Waals surface area contributed by atoms with Crippen molar-refractivity contribution in [1.29, 1.82) is 0 Å². The summed E-state index contributed by atoms with van der Waals surface area (Å²) in [5.41, 5.74) is 4.99. The van der Waals surface area contributed by atoms with E-state index in [-0.39, 0.29) is 17.2 Å². The Balaban J connectivity index is 2.40. The van der Waals surface area contributed by atoms with Gasteiger partial charge in [0.1, 0.15) is 0 Å². The molecule has 9 heteroatoms. The Morgan fingerprint density at radius 1 is 1.24 bits per heavy atom. The molecule has 0 amide bonds. The highest BCUT2D eigenvalue weighted by molar-refractivity contribution is 5.50. The topological polar surface area (TPSA) is 101 Å². The lowest BCUT2D eigenvalue weighted by Crippen LogP contribution is -2.01. The molecule has 0 aliphatic rings. The number of hydrogen-bond acceptors (Lipinski definition) is 6. The van der Waals surface area contributed by atoms with E-state index in [1.807, 2.05) is 0 Å². The molecule has 21 heavy (non-hydrogen) atoms. The summed E-state index contributed by atoms with van der Waals surface area (Å²) >= 11 is 0. The molecule has 2 aromatic rings. The number of rotatable bonds is 4. The van der Waals surface area contributed by atoms with Gasteiger partial charge in [0.15, 0.2) is 29.0 Å². The first-order valence-electron chi connectivity index (χ1n) is 5.54. The maximum absolute atomic E-state index is 13.5. The lowest BCUT2D eigenvalue weighted by molar-refractivity contribution is -0.384. The minimum absolute atomic E-state index is 0.00621. The van der Waals surface area contributed by atoms with Gasteiger partial charge >= 0.3 is 0 Å². The van der Waals surface area contributed by atoms with Gasteiger partial charge < -0.3 is 15.2 Å². The molecule has 2 N–H and O–H groups in total. The van der Waals surface area contributed by atoms with E-state index in [4.69, 9.17) is 15.2 Å². The second kappa shape index (κ2) is 5.57. The third kappa shape index (κ3) is 2.96. The summed E-state index contributed by atoms with van der Waals surface area (Å²) in [6.07, 6.45) is 0. The fourth-order valence-electron chi connectivity index (χ4n) is 1.49. The average Bonchev–Trinajstić information content (AvgIpc) is 2.44. The highest BCUT2D eigenvalue weighted by Crippen LogP contribution is 2.35. The van der Waals surface area contributed by atoms with E-state index in [9.17, 15) is 18.9 Å². The van der Waals surface area contributed by atoms with Crippen LogP contribution in [0.2, 0.25) is 0 Å². The van der Waals surface area contributed by atoms with Crippen LogP contribution in [-0.2, 0) is 0 Å². The SMILES string of the molecule is COc1cc([N+](=O)[O-])ccc1Oc1nc(N)c(F)cc1F. The first kappa shape index (κ1) is 14.4. The van der Waals surface area contributed by atoms with Crippen molar-refractivity contribution >= 4 is 11.5 Å². The van der Waals surface area contributed by atoms with E-state index in [2.05, 4.69) is 4.98 Å². The van der Waals surface area contributed by atoms with Crippen molar-refractivity contribution in [2.75, 3.05) is 12.8 Å². The minimum Gasteiger partial charge on any atom is -0.493 e. The third-order valence-electron chi connectivity index (χ3n) is 2.49. The zero-order valence-electron chi connectivity index (χ0n) is 10.7. The molecule has 0 saturated carbocycles. The first-order chi connectivity index (χ1) is 9.92. The van der Waals surface area contributed by atoms with E-state index in [0.717, 1.165) is 12.1 Å². The molecule has 2 rings (SSSR count). The van der Waals surface area contributed by atoms with Crippen molar-refractivity contribution in [3.63, 3.8) is 0 Å². The van der Waals surface area contributed by atoms with Gasteiger partial charge in [-0.15, -0.1) is 0 Å². The second-order valence-corrected chi connectivity index (χ2v) is 3.84. The van der Waals surface area contributed by atoms with Gasteiger partial charge in [0.05, 0.1) is 18.1 Å². The van der Waals surface area contributed by atoms with Crippen LogP contribution in [0.1, 0.15) is 0 Å². The zero-order chi connectivity index (χ0) is 15.6. The maximum atomic E-state index is 13.5. The molecule has 0 aliphatic heterocycles. The Labute approximate surface area is 117 Å². The van der Waals surface area contributed by atoms with Crippen LogP contribution in [-0.4, -0.2) is 17.0 Å². The van der Waals surface area contributed by atoms with Crippen LogP contribution < -0.4 is 15.2 Å². The van der Waals surface area contributed by atoms with Gasteiger partial charge in [-0.3, -0.25) is 10.1 Å². The van der Waals surface area contributed by atoms with Crippen LogP contribution in [0.25, 0.3) is 0 Å². The fourth-order valence-corrected chi connectivity index (χ4v) is 1.49. The van der Waals surface area contributed by atoms with Crippen LogP contribution in [0.15, 0.2) is 24.3 Å². The summed E-state index contributed by atoms with van der Waals surface area (Å²) in [4.78, 5) is 13.4. The van der Waals surface area contributed by atoms with Gasteiger partial charge in [0.25, 0.3) is 11.6 Å². The van der Waals surface area contributed by atoms with E-state index in [1.165, 1.54) is 13.2 Å². The number of aromatic nitrogens is 1. The van der Waals surface area contributed by atoms with Gasteiger partial charge in [-0.1, -0.05) is 0 Å². The molecule has 1 aromatic heterocycles. The van der Waals surface area contributed by atoms with Crippen LogP contribution >= 0.6 is 0 Å². The molecule has 0 atom stereocenters. The number of nitro benzene ring substituents is 1. The smallest absolute Gasteiger partial charge is 0.273 e. The monoisotopic (exact) mass is 297 g/mol. The Bertz CT molecular complexity index is 709. The zero-order valence-corrected chi connectivity index (χ0v) is 10.7. The van der Waals surface area contributed by atoms with E-state index < -0.39 is 28.3 Å². The molecule has 0 spiro atoms. The molecule has 7 nitrogen and oxygen atoms in total. The van der Waals surface area contributed by atoms with Gasteiger partial charge in [-0.2, -0.15) is 4.98 Å². The van der Waals surface area contributed by atoms with Crippen molar-refractivity contribution in [3.05, 3.63) is 46.0 Å². The number of anilines is 1. The first-order valence-corrected chi connectivity index (χ1v) is 5.54. The number of nitrogens with two attached hydrogens (primary N) is 1. The molecule has 0 bridgehead atoms. The van der Waals surface area contributed by atoms with Gasteiger partial charge in [0.2, 0.25) is 0 Å². The second-order valence-electron chi connectivity index (χ2n) is 3.84. The Morgan fingerprint density at radius 2 is 1.95 bits per heavy atom. The Hall–Kier alpha value is -2.97. The largest absolute Gasteiger partial charge is 0.493 e. The van der Waals surface area contributed by atoms with Crippen LogP contribution in [0, 0.1) is 21.7 Å². The van der Waals surface area contributed by atoms with E-state index in [0.29, 0.717) is 6.07 Å². The Morgan fingerprint density at radius 3 is 2.57 bits per heavy atom. The number of hydrogen-bond donors (Lipinski definition) is 1.